The number of benzene rings is 2. The lowest BCUT2D eigenvalue weighted by Gasteiger charge is -2.30. The maximum absolute atomic E-state index is 13.2. The Morgan fingerprint density at radius 1 is 1.26 bits per heavy atom. The molecular formula is C24H24N4O6S. The number of morpholine rings is 1. The van der Waals surface area contributed by atoms with Gasteiger partial charge in [0, 0.05) is 43.0 Å². The van der Waals surface area contributed by atoms with Crippen molar-refractivity contribution in [2.45, 2.75) is 13.8 Å². The Morgan fingerprint density at radius 3 is 2.63 bits per heavy atom. The predicted octanol–water partition coefficient (Wildman–Crippen LogP) is 4.06. The number of likely N-dealkylation sites (N-methyl/N-ethyl adjacent to an activating group) is 1. The van der Waals surface area contributed by atoms with Crippen LogP contribution in [0.4, 0.5) is 17.1 Å². The van der Waals surface area contributed by atoms with Crippen molar-refractivity contribution < 1.29 is 24.4 Å². The zero-order valence-electron chi connectivity index (χ0n) is 19.3. The van der Waals surface area contributed by atoms with Crippen LogP contribution in [0.5, 0.6) is 0 Å². The highest BCUT2D eigenvalue weighted by atomic mass is 32.2. The van der Waals surface area contributed by atoms with Crippen LogP contribution in [0.3, 0.4) is 0 Å². The number of carbonyl (C=O) groups excluding carboxylic acids is 1. The highest BCUT2D eigenvalue weighted by Crippen LogP contribution is 2.37. The van der Waals surface area contributed by atoms with Gasteiger partial charge in [0.25, 0.3) is 11.6 Å². The molecule has 0 radical (unpaired) electrons. The van der Waals surface area contributed by atoms with Crippen LogP contribution in [0.1, 0.15) is 28.4 Å². The number of nitro benzene ring substituents is 1. The number of amidine groups is 1. The molecule has 2 saturated heterocycles. The fourth-order valence-corrected chi connectivity index (χ4v) is 5.00. The summed E-state index contributed by atoms with van der Waals surface area (Å²) in [5, 5.41) is 21.1. The average molecular weight is 497 g/mol. The third-order valence-corrected chi connectivity index (χ3v) is 6.74. The number of aryl methyl sites for hydroxylation is 1. The third-order valence-electron chi connectivity index (χ3n) is 5.73. The van der Waals surface area contributed by atoms with E-state index in [4.69, 9.17) is 4.74 Å². The van der Waals surface area contributed by atoms with Crippen molar-refractivity contribution in [2.75, 3.05) is 37.7 Å². The van der Waals surface area contributed by atoms with Gasteiger partial charge in [0.15, 0.2) is 5.17 Å². The van der Waals surface area contributed by atoms with Gasteiger partial charge in [0.2, 0.25) is 0 Å². The molecule has 2 fully saturated rings. The van der Waals surface area contributed by atoms with Gasteiger partial charge in [-0.05, 0) is 61.5 Å². The van der Waals surface area contributed by atoms with E-state index in [1.807, 2.05) is 6.92 Å². The molecule has 10 nitrogen and oxygen atoms in total. The Morgan fingerprint density at radius 2 is 2.00 bits per heavy atom. The zero-order valence-corrected chi connectivity index (χ0v) is 20.1. The lowest BCUT2D eigenvalue weighted by Crippen LogP contribution is -2.36. The Balaban J connectivity index is 1.71. The monoisotopic (exact) mass is 496 g/mol. The van der Waals surface area contributed by atoms with Crippen molar-refractivity contribution in [3.63, 3.8) is 0 Å². The fraction of sp³-hybridized carbons (Fsp3) is 0.292. The maximum Gasteiger partial charge on any atom is 0.335 e. The number of carboxylic acids is 1. The standard InChI is InChI=1S/C24H24N4O6S/c1-3-27-22(29)21(35-24(27)25-17-4-6-19(23(30)31)15(2)12-17)14-16-13-18(28(32)33)5-7-20(16)26-8-10-34-11-9-26/h4-7,12-14H,3,8-11H2,1-2H3,(H,30,31)/b21-14-,25-24?. The van der Waals surface area contributed by atoms with Gasteiger partial charge in [-0.15, -0.1) is 0 Å². The van der Waals surface area contributed by atoms with Gasteiger partial charge >= 0.3 is 5.97 Å². The molecule has 0 spiro atoms. The molecule has 0 aromatic heterocycles. The number of hydrogen-bond donors (Lipinski definition) is 1. The van der Waals surface area contributed by atoms with E-state index in [1.165, 1.54) is 34.9 Å². The van der Waals surface area contributed by atoms with Gasteiger partial charge < -0.3 is 14.7 Å². The quantitative estimate of drug-likeness (QED) is 0.360. The molecule has 2 aromatic rings. The molecule has 11 heteroatoms. The van der Waals surface area contributed by atoms with E-state index >= 15 is 0 Å². The molecular weight excluding hydrogens is 472 g/mol. The second-order valence-corrected chi connectivity index (χ2v) is 8.97. The minimum absolute atomic E-state index is 0.0560. The summed E-state index contributed by atoms with van der Waals surface area (Å²) in [5.41, 5.74) is 2.62. The number of aromatic carboxylic acids is 1. The van der Waals surface area contributed by atoms with Crippen LogP contribution in [0, 0.1) is 17.0 Å². The summed E-state index contributed by atoms with van der Waals surface area (Å²) in [6, 6.07) is 9.40. The molecule has 1 amide bonds. The Bertz CT molecular complexity index is 1250. The number of nitrogens with zero attached hydrogens (tertiary/aromatic N) is 4. The molecule has 35 heavy (non-hydrogen) atoms. The molecule has 2 aromatic carbocycles. The second kappa shape index (κ2) is 10.3. The first-order valence-corrected chi connectivity index (χ1v) is 11.8. The molecule has 2 aliphatic heterocycles. The van der Waals surface area contributed by atoms with E-state index in [2.05, 4.69) is 9.89 Å². The van der Waals surface area contributed by atoms with Crippen LogP contribution >= 0.6 is 11.8 Å². The molecule has 1 N–H and O–H groups in total. The Hall–Kier alpha value is -3.70. The molecule has 2 aliphatic rings. The second-order valence-electron chi connectivity index (χ2n) is 7.96. The molecule has 182 valence electrons. The van der Waals surface area contributed by atoms with E-state index in [9.17, 15) is 24.8 Å². The van der Waals surface area contributed by atoms with Crippen LogP contribution in [0.15, 0.2) is 46.3 Å². The summed E-state index contributed by atoms with van der Waals surface area (Å²) in [4.78, 5) is 44.0. The summed E-state index contributed by atoms with van der Waals surface area (Å²) < 4.78 is 5.42. The van der Waals surface area contributed by atoms with E-state index < -0.39 is 10.9 Å². The normalized spacial score (nSPS) is 18.5. The van der Waals surface area contributed by atoms with Crippen molar-refractivity contribution >= 4 is 51.9 Å². The number of ether oxygens (including phenoxy) is 1. The van der Waals surface area contributed by atoms with Crippen LogP contribution in [-0.4, -0.2) is 64.8 Å². The number of nitro groups is 1. The summed E-state index contributed by atoms with van der Waals surface area (Å²) in [5.74, 6) is -1.25. The van der Waals surface area contributed by atoms with E-state index in [-0.39, 0.29) is 17.2 Å². The highest BCUT2D eigenvalue weighted by molar-refractivity contribution is 8.18. The molecule has 4 rings (SSSR count). The van der Waals surface area contributed by atoms with Crippen molar-refractivity contribution in [3.05, 3.63) is 68.1 Å². The van der Waals surface area contributed by atoms with Gasteiger partial charge in [0.05, 0.1) is 34.3 Å². The van der Waals surface area contributed by atoms with Crippen molar-refractivity contribution in [1.29, 1.82) is 0 Å². The summed E-state index contributed by atoms with van der Waals surface area (Å²) >= 11 is 1.19. The number of non-ortho nitro benzene ring substituents is 1. The minimum Gasteiger partial charge on any atom is -0.478 e. The topological polar surface area (TPSA) is 126 Å². The molecule has 0 aliphatic carbocycles. The van der Waals surface area contributed by atoms with Crippen molar-refractivity contribution in [2.24, 2.45) is 4.99 Å². The van der Waals surface area contributed by atoms with Gasteiger partial charge in [-0.3, -0.25) is 19.8 Å². The fourth-order valence-electron chi connectivity index (χ4n) is 3.94. The zero-order chi connectivity index (χ0) is 25.1. The largest absolute Gasteiger partial charge is 0.478 e. The number of amides is 1. The lowest BCUT2D eigenvalue weighted by molar-refractivity contribution is -0.384. The molecule has 2 heterocycles. The number of hydrogen-bond acceptors (Lipinski definition) is 8. The molecule has 0 unspecified atom stereocenters. The number of thioether (sulfide) groups is 1. The van der Waals surface area contributed by atoms with E-state index in [0.29, 0.717) is 59.7 Å². The lowest BCUT2D eigenvalue weighted by atomic mass is 10.1. The van der Waals surface area contributed by atoms with Gasteiger partial charge in [-0.2, -0.15) is 0 Å². The smallest absolute Gasteiger partial charge is 0.335 e. The van der Waals surface area contributed by atoms with E-state index in [0.717, 1.165) is 5.69 Å². The van der Waals surface area contributed by atoms with Crippen LogP contribution in [0.25, 0.3) is 6.08 Å². The average Bonchev–Trinajstić information content (AvgIpc) is 3.12. The SMILES string of the molecule is CCN1C(=O)/C(=C/c2cc([N+](=O)[O-])ccc2N2CCOCC2)SC1=Nc1ccc(C(=O)O)c(C)c1. The highest BCUT2D eigenvalue weighted by Gasteiger charge is 2.33. The number of aliphatic imine (C=N–C) groups is 1. The number of anilines is 1. The molecule has 0 atom stereocenters. The van der Waals surface area contributed by atoms with Gasteiger partial charge in [-0.25, -0.2) is 9.79 Å². The summed E-state index contributed by atoms with van der Waals surface area (Å²) in [6.07, 6.45) is 1.68. The summed E-state index contributed by atoms with van der Waals surface area (Å²) in [7, 11) is 0. The first kappa shape index (κ1) is 24.4. The number of carboxylic acid groups (broad SMARTS) is 1. The van der Waals surface area contributed by atoms with Crippen LogP contribution < -0.4 is 4.90 Å². The first-order valence-electron chi connectivity index (χ1n) is 11.0. The van der Waals surface area contributed by atoms with Crippen molar-refractivity contribution in [1.82, 2.24) is 4.90 Å². The molecule has 0 saturated carbocycles. The van der Waals surface area contributed by atoms with Crippen LogP contribution in [0.2, 0.25) is 0 Å². The summed E-state index contributed by atoms with van der Waals surface area (Å²) in [6.45, 7) is 6.33. The maximum atomic E-state index is 13.2. The van der Waals surface area contributed by atoms with E-state index in [1.54, 1.807) is 31.2 Å². The number of carbonyl (C=O) groups is 2. The number of rotatable bonds is 6. The van der Waals surface area contributed by atoms with Gasteiger partial charge in [-0.1, -0.05) is 0 Å². The van der Waals surface area contributed by atoms with Gasteiger partial charge in [0.1, 0.15) is 0 Å². The molecule has 0 bridgehead atoms. The minimum atomic E-state index is -1.01. The first-order chi connectivity index (χ1) is 16.8. The predicted molar refractivity (Wildman–Crippen MR) is 134 cm³/mol. The Kier molecular flexibility index (Phi) is 7.17. The van der Waals surface area contributed by atoms with Crippen molar-refractivity contribution in [3.8, 4) is 0 Å². The van der Waals surface area contributed by atoms with Crippen LogP contribution in [-0.2, 0) is 9.53 Å². The third kappa shape index (κ3) is 5.20. The Labute approximate surface area is 206 Å².